The molecular weight excluding hydrogens is 354 g/mol. The molecule has 0 bridgehead atoms. The number of benzene rings is 1. The minimum atomic E-state index is -0.587. The van der Waals surface area contributed by atoms with Crippen molar-refractivity contribution >= 4 is 23.6 Å². The molecule has 1 aromatic carbocycles. The number of nitrogens with zero attached hydrogens (tertiary/aromatic N) is 2. The monoisotopic (exact) mass is 375 g/mol. The highest BCUT2D eigenvalue weighted by Crippen LogP contribution is 2.38. The van der Waals surface area contributed by atoms with E-state index in [0.717, 1.165) is 5.56 Å². The standard InChI is InChI=1S/C19H22ClN3O3/c1-19(2,3)26-18(25)22-9-10-23-13(11-22)15(17(21)24)14(16(23)20)12-7-5-4-6-8-12/h4-8H,9-11H2,1-3H3,(H2,21,24). The molecule has 2 amide bonds. The first-order valence-electron chi connectivity index (χ1n) is 8.43. The van der Waals surface area contributed by atoms with E-state index in [1.54, 1.807) is 4.90 Å². The van der Waals surface area contributed by atoms with Gasteiger partial charge in [0.05, 0.1) is 17.8 Å². The summed E-state index contributed by atoms with van der Waals surface area (Å²) >= 11 is 6.58. The van der Waals surface area contributed by atoms with E-state index in [0.29, 0.717) is 35.1 Å². The van der Waals surface area contributed by atoms with Crippen molar-refractivity contribution in [3.05, 3.63) is 46.7 Å². The van der Waals surface area contributed by atoms with Crippen LogP contribution in [0.4, 0.5) is 4.79 Å². The third-order valence-electron chi connectivity index (χ3n) is 4.20. The van der Waals surface area contributed by atoms with E-state index in [-0.39, 0.29) is 6.54 Å². The summed E-state index contributed by atoms with van der Waals surface area (Å²) in [5, 5.41) is 0.462. The van der Waals surface area contributed by atoms with E-state index in [4.69, 9.17) is 22.1 Å². The fraction of sp³-hybridized carbons (Fsp3) is 0.368. The van der Waals surface area contributed by atoms with Crippen LogP contribution >= 0.6 is 11.6 Å². The number of rotatable bonds is 2. The number of primary amides is 1. The highest BCUT2D eigenvalue weighted by atomic mass is 35.5. The maximum atomic E-state index is 12.4. The second-order valence-electron chi connectivity index (χ2n) is 7.27. The Labute approximate surface area is 157 Å². The predicted molar refractivity (Wildman–Crippen MR) is 100 cm³/mol. The molecule has 1 aliphatic rings. The van der Waals surface area contributed by atoms with Gasteiger partial charge in [-0.3, -0.25) is 4.79 Å². The second kappa shape index (κ2) is 6.68. The predicted octanol–water partition coefficient (Wildman–Crippen LogP) is 3.66. The number of carbonyl (C=O) groups excluding carboxylic acids is 2. The van der Waals surface area contributed by atoms with Crippen LogP contribution in [0, 0.1) is 0 Å². The Balaban J connectivity index is 2.03. The number of amides is 2. The minimum absolute atomic E-state index is 0.222. The summed E-state index contributed by atoms with van der Waals surface area (Å²) in [6, 6.07) is 9.40. The summed E-state index contributed by atoms with van der Waals surface area (Å²) < 4.78 is 7.29. The number of ether oxygens (including phenoxy) is 1. The van der Waals surface area contributed by atoms with Crippen molar-refractivity contribution in [3.63, 3.8) is 0 Å². The number of fused-ring (bicyclic) bond motifs is 1. The number of nitrogens with two attached hydrogens (primary N) is 1. The largest absolute Gasteiger partial charge is 0.444 e. The SMILES string of the molecule is CC(C)(C)OC(=O)N1CCn2c(Cl)c(-c3ccccc3)c(C(N)=O)c2C1. The van der Waals surface area contributed by atoms with Crippen molar-refractivity contribution in [1.82, 2.24) is 9.47 Å². The first kappa shape index (κ1) is 18.3. The Bertz CT molecular complexity index is 853. The first-order valence-corrected chi connectivity index (χ1v) is 8.81. The van der Waals surface area contributed by atoms with Crippen molar-refractivity contribution in [2.75, 3.05) is 6.54 Å². The van der Waals surface area contributed by atoms with Crippen LogP contribution in [0.1, 0.15) is 36.8 Å². The van der Waals surface area contributed by atoms with Gasteiger partial charge in [-0.05, 0) is 26.3 Å². The fourth-order valence-corrected chi connectivity index (χ4v) is 3.52. The summed E-state index contributed by atoms with van der Waals surface area (Å²) in [4.78, 5) is 26.2. The maximum Gasteiger partial charge on any atom is 0.410 e. The summed E-state index contributed by atoms with van der Waals surface area (Å²) in [6.07, 6.45) is -0.419. The van der Waals surface area contributed by atoms with Gasteiger partial charge in [0.25, 0.3) is 5.91 Å². The van der Waals surface area contributed by atoms with E-state index in [9.17, 15) is 9.59 Å². The summed E-state index contributed by atoms with van der Waals surface area (Å²) in [6.45, 7) is 6.59. The van der Waals surface area contributed by atoms with Crippen LogP contribution < -0.4 is 5.73 Å². The zero-order valence-corrected chi connectivity index (χ0v) is 15.8. The van der Waals surface area contributed by atoms with Crippen molar-refractivity contribution in [1.29, 1.82) is 0 Å². The third-order valence-corrected chi connectivity index (χ3v) is 4.60. The summed E-state index contributed by atoms with van der Waals surface area (Å²) in [5.74, 6) is -0.564. The normalized spacial score (nSPS) is 14.1. The first-order chi connectivity index (χ1) is 12.2. The lowest BCUT2D eigenvalue weighted by Crippen LogP contribution is -2.42. The van der Waals surface area contributed by atoms with Crippen molar-refractivity contribution < 1.29 is 14.3 Å². The van der Waals surface area contributed by atoms with Gasteiger partial charge in [-0.25, -0.2) is 4.79 Å². The lowest BCUT2D eigenvalue weighted by atomic mass is 10.0. The Kier molecular flexibility index (Phi) is 4.71. The van der Waals surface area contributed by atoms with Crippen LogP contribution in [-0.2, 0) is 17.8 Å². The van der Waals surface area contributed by atoms with E-state index in [2.05, 4.69) is 0 Å². The number of halogens is 1. The lowest BCUT2D eigenvalue weighted by Gasteiger charge is -2.31. The highest BCUT2D eigenvalue weighted by Gasteiger charge is 2.33. The second-order valence-corrected chi connectivity index (χ2v) is 7.63. The van der Waals surface area contributed by atoms with Gasteiger partial charge in [-0.2, -0.15) is 0 Å². The Morgan fingerprint density at radius 3 is 2.38 bits per heavy atom. The quantitative estimate of drug-likeness (QED) is 0.870. The van der Waals surface area contributed by atoms with Crippen LogP contribution in [0.15, 0.2) is 30.3 Å². The van der Waals surface area contributed by atoms with Gasteiger partial charge in [-0.1, -0.05) is 41.9 Å². The minimum Gasteiger partial charge on any atom is -0.444 e. The van der Waals surface area contributed by atoms with Crippen molar-refractivity contribution in [2.24, 2.45) is 5.73 Å². The molecule has 0 fully saturated rings. The molecule has 2 heterocycles. The highest BCUT2D eigenvalue weighted by molar-refractivity contribution is 6.33. The molecule has 1 aromatic heterocycles. The molecule has 0 radical (unpaired) electrons. The zero-order chi connectivity index (χ0) is 19.1. The van der Waals surface area contributed by atoms with Gasteiger partial charge in [-0.15, -0.1) is 0 Å². The molecule has 0 aliphatic carbocycles. The molecule has 0 unspecified atom stereocenters. The van der Waals surface area contributed by atoms with Gasteiger partial charge in [0, 0.05) is 18.7 Å². The molecule has 2 aromatic rings. The smallest absolute Gasteiger partial charge is 0.410 e. The van der Waals surface area contributed by atoms with E-state index in [1.165, 1.54) is 0 Å². The number of carbonyl (C=O) groups is 2. The molecule has 3 rings (SSSR count). The van der Waals surface area contributed by atoms with Gasteiger partial charge < -0.3 is 19.9 Å². The Hall–Kier alpha value is -2.47. The van der Waals surface area contributed by atoms with Crippen LogP contribution in [0.3, 0.4) is 0 Å². The lowest BCUT2D eigenvalue weighted by molar-refractivity contribution is 0.0198. The zero-order valence-electron chi connectivity index (χ0n) is 15.1. The van der Waals surface area contributed by atoms with Crippen molar-refractivity contribution in [2.45, 2.75) is 39.5 Å². The molecule has 0 atom stereocenters. The molecule has 6 nitrogen and oxygen atoms in total. The van der Waals surface area contributed by atoms with Crippen LogP contribution in [0.25, 0.3) is 11.1 Å². The third kappa shape index (κ3) is 3.42. The number of hydrogen-bond donors (Lipinski definition) is 1. The molecule has 26 heavy (non-hydrogen) atoms. The molecular formula is C19H22ClN3O3. The molecule has 138 valence electrons. The van der Waals surface area contributed by atoms with Gasteiger partial charge in [0.2, 0.25) is 0 Å². The van der Waals surface area contributed by atoms with Gasteiger partial charge >= 0.3 is 6.09 Å². The van der Waals surface area contributed by atoms with Gasteiger partial charge in [0.1, 0.15) is 10.8 Å². The molecule has 7 heteroatoms. The maximum absolute atomic E-state index is 12.4. The molecule has 1 aliphatic heterocycles. The van der Waals surface area contributed by atoms with E-state index in [1.807, 2.05) is 55.7 Å². The van der Waals surface area contributed by atoms with Crippen LogP contribution in [0.2, 0.25) is 5.15 Å². The Morgan fingerprint density at radius 1 is 1.15 bits per heavy atom. The average Bonchev–Trinajstić information content (AvgIpc) is 2.86. The summed E-state index contributed by atoms with van der Waals surface area (Å²) in [7, 11) is 0. The van der Waals surface area contributed by atoms with Gasteiger partial charge in [0.15, 0.2) is 0 Å². The van der Waals surface area contributed by atoms with E-state index >= 15 is 0 Å². The fourth-order valence-electron chi connectivity index (χ4n) is 3.13. The number of aromatic nitrogens is 1. The van der Waals surface area contributed by atoms with Crippen molar-refractivity contribution in [3.8, 4) is 11.1 Å². The van der Waals surface area contributed by atoms with E-state index < -0.39 is 17.6 Å². The summed E-state index contributed by atoms with van der Waals surface area (Å²) in [5.41, 5.74) is 7.50. The van der Waals surface area contributed by atoms with Crippen LogP contribution in [-0.4, -0.2) is 33.6 Å². The Morgan fingerprint density at radius 2 is 1.81 bits per heavy atom. The average molecular weight is 376 g/mol. The number of hydrogen-bond acceptors (Lipinski definition) is 3. The topological polar surface area (TPSA) is 77.6 Å². The molecule has 0 saturated heterocycles. The van der Waals surface area contributed by atoms with Crippen LogP contribution in [0.5, 0.6) is 0 Å². The molecule has 2 N–H and O–H groups in total. The molecule has 0 saturated carbocycles. The molecule has 0 spiro atoms.